The average Bonchev–Trinajstić information content (AvgIpc) is 3.44. The summed E-state index contributed by atoms with van der Waals surface area (Å²) >= 11 is 0. The maximum Gasteiger partial charge on any atom is 0.337 e. The van der Waals surface area contributed by atoms with Crippen molar-refractivity contribution in [1.29, 1.82) is 0 Å². The summed E-state index contributed by atoms with van der Waals surface area (Å²) in [6.07, 6.45) is 2.79. The number of fused-ring (bicyclic) bond motifs is 1. The molecule has 5 rings (SSSR count). The Kier molecular flexibility index (Phi) is 5.18. The molecule has 2 aromatic heterocycles. The summed E-state index contributed by atoms with van der Waals surface area (Å²) in [5.74, 6) is -1.40. The van der Waals surface area contributed by atoms with Crippen molar-refractivity contribution < 1.29 is 13.5 Å². The van der Waals surface area contributed by atoms with Gasteiger partial charge in [-0.25, -0.2) is 23.1 Å². The van der Waals surface area contributed by atoms with Crippen LogP contribution in [0.25, 0.3) is 16.9 Å². The minimum atomic E-state index is -0.720. The van der Waals surface area contributed by atoms with E-state index < -0.39 is 22.9 Å². The topological polar surface area (TPSA) is 71.0 Å². The third-order valence-electron chi connectivity index (χ3n) is 5.68. The number of hydrogen-bond acceptors (Lipinski definition) is 4. The van der Waals surface area contributed by atoms with Gasteiger partial charge in [0, 0.05) is 18.2 Å². The van der Waals surface area contributed by atoms with Gasteiger partial charge in [-0.15, -0.1) is 0 Å². The number of benzene rings is 2. The molecule has 1 atom stereocenters. The van der Waals surface area contributed by atoms with E-state index in [0.717, 1.165) is 29.5 Å². The first kappa shape index (κ1) is 20.3. The van der Waals surface area contributed by atoms with Gasteiger partial charge in [-0.1, -0.05) is 24.3 Å². The zero-order chi connectivity index (χ0) is 22.2. The van der Waals surface area contributed by atoms with Crippen LogP contribution in [0.2, 0.25) is 0 Å². The van der Waals surface area contributed by atoms with E-state index in [-0.39, 0.29) is 35.9 Å². The van der Waals surface area contributed by atoms with Gasteiger partial charge in [-0.2, -0.15) is 0 Å². The molecule has 1 unspecified atom stereocenters. The molecule has 3 heterocycles. The van der Waals surface area contributed by atoms with E-state index in [1.807, 2.05) is 6.07 Å². The van der Waals surface area contributed by atoms with E-state index in [1.165, 1.54) is 21.5 Å². The molecule has 1 saturated heterocycles. The first-order valence-corrected chi connectivity index (χ1v) is 10.3. The Hall–Kier alpha value is -3.59. The van der Waals surface area contributed by atoms with Gasteiger partial charge < -0.3 is 9.30 Å². The Balaban J connectivity index is 1.72. The predicted molar refractivity (Wildman–Crippen MR) is 114 cm³/mol. The van der Waals surface area contributed by atoms with E-state index in [9.17, 15) is 18.4 Å². The second-order valence-corrected chi connectivity index (χ2v) is 7.78. The highest BCUT2D eigenvalue weighted by molar-refractivity contribution is 5.72. The van der Waals surface area contributed by atoms with E-state index in [0.29, 0.717) is 12.3 Å². The van der Waals surface area contributed by atoms with Gasteiger partial charge in [-0.3, -0.25) is 9.36 Å². The molecule has 1 aliphatic rings. The molecule has 1 aliphatic heterocycles. The molecule has 4 aromatic rings. The molecule has 2 aromatic carbocycles. The Morgan fingerprint density at radius 3 is 2.62 bits per heavy atom. The van der Waals surface area contributed by atoms with Crippen molar-refractivity contribution in [2.24, 2.45) is 0 Å². The molecule has 0 radical (unpaired) electrons. The highest BCUT2D eigenvalue weighted by Gasteiger charge is 2.23. The van der Waals surface area contributed by atoms with Crippen molar-refractivity contribution in [3.05, 3.63) is 92.9 Å². The summed E-state index contributed by atoms with van der Waals surface area (Å²) in [6, 6.07) is 12.2. The van der Waals surface area contributed by atoms with Gasteiger partial charge in [0.05, 0.1) is 31.2 Å². The molecule has 0 spiro atoms. The van der Waals surface area contributed by atoms with Crippen LogP contribution in [-0.2, 0) is 17.8 Å². The highest BCUT2D eigenvalue weighted by atomic mass is 19.1. The lowest BCUT2D eigenvalue weighted by Crippen LogP contribution is -2.42. The molecule has 0 amide bonds. The van der Waals surface area contributed by atoms with Crippen LogP contribution < -0.4 is 11.2 Å². The van der Waals surface area contributed by atoms with E-state index in [2.05, 4.69) is 4.98 Å². The smallest absolute Gasteiger partial charge is 0.337 e. The molecule has 0 aliphatic carbocycles. The molecule has 0 saturated carbocycles. The lowest BCUT2D eigenvalue weighted by atomic mass is 10.2. The summed E-state index contributed by atoms with van der Waals surface area (Å²) in [5.41, 5.74) is 0.0673. The predicted octanol–water partition coefficient (Wildman–Crippen LogP) is 2.85. The molecule has 1 fully saturated rings. The Morgan fingerprint density at radius 2 is 1.91 bits per heavy atom. The number of aromatic nitrogens is 4. The first-order valence-electron chi connectivity index (χ1n) is 10.3. The average molecular weight is 438 g/mol. The van der Waals surface area contributed by atoms with Gasteiger partial charge in [-0.05, 0) is 31.0 Å². The molecule has 7 nitrogen and oxygen atoms in total. The van der Waals surface area contributed by atoms with Gasteiger partial charge in [0.1, 0.15) is 11.6 Å². The summed E-state index contributed by atoms with van der Waals surface area (Å²) in [5, 5.41) is 0. The van der Waals surface area contributed by atoms with Crippen molar-refractivity contribution in [2.75, 3.05) is 6.61 Å². The van der Waals surface area contributed by atoms with Crippen LogP contribution in [-0.4, -0.2) is 31.4 Å². The van der Waals surface area contributed by atoms with Crippen molar-refractivity contribution in [3.8, 4) is 5.69 Å². The Morgan fingerprint density at radius 1 is 1.09 bits per heavy atom. The first-order chi connectivity index (χ1) is 15.5. The molecule has 0 bridgehead atoms. The fourth-order valence-corrected chi connectivity index (χ4v) is 4.10. The van der Waals surface area contributed by atoms with Crippen molar-refractivity contribution in [3.63, 3.8) is 0 Å². The fourth-order valence-electron chi connectivity index (χ4n) is 4.10. The van der Waals surface area contributed by atoms with E-state index in [4.69, 9.17) is 4.74 Å². The van der Waals surface area contributed by atoms with Crippen LogP contribution in [0.4, 0.5) is 8.78 Å². The van der Waals surface area contributed by atoms with Crippen molar-refractivity contribution >= 4 is 11.2 Å². The minimum Gasteiger partial charge on any atom is -0.376 e. The van der Waals surface area contributed by atoms with Crippen molar-refractivity contribution in [1.82, 2.24) is 18.7 Å². The summed E-state index contributed by atoms with van der Waals surface area (Å²) in [4.78, 5) is 31.1. The minimum absolute atomic E-state index is 0.0369. The number of hydrogen-bond donors (Lipinski definition) is 0. The Bertz CT molecular complexity index is 1400. The molecule has 32 heavy (non-hydrogen) atoms. The summed E-state index contributed by atoms with van der Waals surface area (Å²) in [6.45, 7) is 0.678. The molecular formula is C23H20F2N4O3. The standard InChI is InChI=1S/C23H20F2N4O3/c24-16-9-8-15(19(25)11-16)12-27-14-26-21-20(27)22(30)28(13-18-7-4-10-32-18)23(31)29(21)17-5-2-1-3-6-17/h1-3,5-6,8-9,11,14,18H,4,7,10,12-13H2. The number of rotatable bonds is 5. The van der Waals surface area contributed by atoms with E-state index in [1.54, 1.807) is 24.3 Å². The van der Waals surface area contributed by atoms with Gasteiger partial charge in [0.25, 0.3) is 5.56 Å². The molecule has 164 valence electrons. The number of para-hydroxylation sites is 1. The zero-order valence-electron chi connectivity index (χ0n) is 17.1. The van der Waals surface area contributed by atoms with Gasteiger partial charge >= 0.3 is 5.69 Å². The van der Waals surface area contributed by atoms with Crippen LogP contribution in [0, 0.1) is 11.6 Å². The number of imidazole rings is 1. The second kappa shape index (κ2) is 8.16. The number of ether oxygens (including phenoxy) is 1. The number of halogens is 2. The third kappa shape index (κ3) is 3.54. The van der Waals surface area contributed by atoms with Crippen LogP contribution in [0.15, 0.2) is 64.4 Å². The van der Waals surface area contributed by atoms with Crippen molar-refractivity contribution in [2.45, 2.75) is 32.0 Å². The fraction of sp³-hybridized carbons (Fsp3) is 0.261. The second-order valence-electron chi connectivity index (χ2n) is 7.78. The maximum absolute atomic E-state index is 14.3. The van der Waals surface area contributed by atoms with E-state index >= 15 is 0 Å². The Labute approximate surface area is 181 Å². The quantitative estimate of drug-likeness (QED) is 0.481. The van der Waals surface area contributed by atoms with Crippen LogP contribution >= 0.6 is 0 Å². The molecule has 0 N–H and O–H groups in total. The van der Waals surface area contributed by atoms with Crippen LogP contribution in [0.5, 0.6) is 0 Å². The lowest BCUT2D eigenvalue weighted by molar-refractivity contribution is 0.0950. The van der Waals surface area contributed by atoms with Gasteiger partial charge in [0.15, 0.2) is 11.2 Å². The van der Waals surface area contributed by atoms with Crippen LogP contribution in [0.1, 0.15) is 18.4 Å². The van der Waals surface area contributed by atoms with Crippen LogP contribution in [0.3, 0.4) is 0 Å². The normalized spacial score (nSPS) is 16.1. The molecule has 9 heteroatoms. The summed E-state index contributed by atoms with van der Waals surface area (Å²) in [7, 11) is 0. The third-order valence-corrected chi connectivity index (χ3v) is 5.68. The number of nitrogens with zero attached hydrogens (tertiary/aromatic N) is 4. The van der Waals surface area contributed by atoms with Gasteiger partial charge in [0.2, 0.25) is 0 Å². The maximum atomic E-state index is 14.3. The monoisotopic (exact) mass is 438 g/mol. The summed E-state index contributed by atoms with van der Waals surface area (Å²) < 4.78 is 37.2. The zero-order valence-corrected chi connectivity index (χ0v) is 17.1. The lowest BCUT2D eigenvalue weighted by Gasteiger charge is -2.15. The molecular weight excluding hydrogens is 418 g/mol. The highest BCUT2D eigenvalue weighted by Crippen LogP contribution is 2.18. The largest absolute Gasteiger partial charge is 0.376 e. The SMILES string of the molecule is O=c1c2c(ncn2Cc2ccc(F)cc2F)n(-c2ccccc2)c(=O)n1CC1CCCO1.